The van der Waals surface area contributed by atoms with Crippen LogP contribution in [0.5, 0.6) is 0 Å². The average molecular weight is 530 g/mol. The molecule has 0 saturated heterocycles. The van der Waals surface area contributed by atoms with Crippen LogP contribution in [0, 0.1) is 0 Å². The van der Waals surface area contributed by atoms with Crippen molar-refractivity contribution in [2.45, 2.75) is 32.6 Å². The quantitative estimate of drug-likeness (QED) is 0.126. The van der Waals surface area contributed by atoms with Crippen LogP contribution in [-0.4, -0.2) is 15.0 Å². The van der Waals surface area contributed by atoms with Gasteiger partial charge in [0.05, 0.1) is 0 Å². The van der Waals surface area contributed by atoms with Crippen molar-refractivity contribution in [3.8, 4) is 0 Å². The van der Waals surface area contributed by atoms with Gasteiger partial charge in [0.2, 0.25) is 0 Å². The number of rotatable bonds is 10. The van der Waals surface area contributed by atoms with Gasteiger partial charge in [-0.15, -0.1) is 0 Å². The summed E-state index contributed by atoms with van der Waals surface area (Å²) in [6.45, 7) is 2.24. The van der Waals surface area contributed by atoms with Gasteiger partial charge in [0, 0.05) is 0 Å². The third kappa shape index (κ3) is 5.89. The Balaban J connectivity index is 1.82. The van der Waals surface area contributed by atoms with E-state index in [9.17, 15) is 0 Å². The molecule has 3 heteroatoms. The second-order valence-electron chi connectivity index (χ2n) is 8.37. The standard InChI is InChI=1S/C31H31OPSe/c1-2-3-7-14-26-21-23-27(24-22-26)31(25-34-30-19-12-6-13-20-30)33(32,28-15-8-4-9-16-28)29-17-10-5-11-18-29/h4-6,8-13,15-25H,2-3,7,14H2,1H3/b31-25+. The van der Waals surface area contributed by atoms with Crippen LogP contribution in [0.15, 0.2) is 120 Å². The van der Waals surface area contributed by atoms with Crippen LogP contribution in [0.2, 0.25) is 0 Å². The van der Waals surface area contributed by atoms with E-state index in [1.807, 2.05) is 66.7 Å². The molecule has 0 heterocycles. The van der Waals surface area contributed by atoms with Gasteiger partial charge in [-0.2, -0.15) is 0 Å². The van der Waals surface area contributed by atoms with E-state index in [2.05, 4.69) is 60.4 Å². The van der Waals surface area contributed by atoms with Crippen molar-refractivity contribution in [2.24, 2.45) is 0 Å². The molecule has 0 aliphatic heterocycles. The van der Waals surface area contributed by atoms with E-state index in [1.54, 1.807) is 0 Å². The molecule has 172 valence electrons. The SMILES string of the molecule is CCCCCc1ccc(/C(=C\[Se]c2ccccc2)P(=O)(c2ccccc2)c2ccccc2)cc1. The molecule has 0 aliphatic carbocycles. The zero-order valence-electron chi connectivity index (χ0n) is 19.6. The van der Waals surface area contributed by atoms with Crippen molar-refractivity contribution in [3.63, 3.8) is 0 Å². The first-order valence-electron chi connectivity index (χ1n) is 11.9. The first-order valence-corrected chi connectivity index (χ1v) is 15.5. The summed E-state index contributed by atoms with van der Waals surface area (Å²) >= 11 is 0.0651. The van der Waals surface area contributed by atoms with Crippen molar-refractivity contribution in [3.05, 3.63) is 131 Å². The van der Waals surface area contributed by atoms with Gasteiger partial charge in [-0.25, -0.2) is 0 Å². The van der Waals surface area contributed by atoms with Gasteiger partial charge in [-0.05, 0) is 0 Å². The van der Waals surface area contributed by atoms with E-state index in [1.165, 1.54) is 29.3 Å². The predicted molar refractivity (Wildman–Crippen MR) is 149 cm³/mol. The van der Waals surface area contributed by atoms with Gasteiger partial charge in [0.15, 0.2) is 0 Å². The third-order valence-corrected chi connectivity index (χ3v) is 11.3. The zero-order valence-corrected chi connectivity index (χ0v) is 22.2. The molecule has 0 N–H and O–H groups in total. The molecule has 1 nitrogen and oxygen atoms in total. The van der Waals surface area contributed by atoms with Gasteiger partial charge in [-0.1, -0.05) is 0 Å². The third-order valence-electron chi connectivity index (χ3n) is 5.95. The topological polar surface area (TPSA) is 17.1 Å². The summed E-state index contributed by atoms with van der Waals surface area (Å²) in [6, 6.07) is 39.2. The molecule has 0 spiro atoms. The second kappa shape index (κ2) is 12.2. The van der Waals surface area contributed by atoms with Crippen LogP contribution >= 0.6 is 7.14 Å². The van der Waals surface area contributed by atoms with E-state index in [0.717, 1.165) is 27.9 Å². The van der Waals surface area contributed by atoms with E-state index >= 15 is 4.57 Å². The second-order valence-corrected chi connectivity index (χ2v) is 13.1. The Morgan fingerprint density at radius 1 is 0.706 bits per heavy atom. The van der Waals surface area contributed by atoms with Gasteiger partial charge in [0.25, 0.3) is 0 Å². The number of aryl methyl sites for hydroxylation is 1. The molecule has 4 aromatic rings. The Hall–Kier alpha value is -2.63. The van der Waals surface area contributed by atoms with Crippen LogP contribution in [0.25, 0.3) is 5.31 Å². The number of unbranched alkanes of at least 4 members (excludes halogenated alkanes) is 2. The first-order chi connectivity index (χ1) is 16.7. The molecule has 0 fully saturated rings. The predicted octanol–water partition coefficient (Wildman–Crippen LogP) is 6.76. The number of benzene rings is 4. The van der Waals surface area contributed by atoms with E-state index in [4.69, 9.17) is 0 Å². The van der Waals surface area contributed by atoms with Crippen molar-refractivity contribution in [1.82, 2.24) is 0 Å². The summed E-state index contributed by atoms with van der Waals surface area (Å²) in [5.41, 5.74) is 2.40. The normalized spacial score (nSPS) is 12.0. The fraction of sp³-hybridized carbons (Fsp3) is 0.161. The summed E-state index contributed by atoms with van der Waals surface area (Å²) in [7, 11) is -3.06. The molecule has 0 saturated carbocycles. The van der Waals surface area contributed by atoms with Gasteiger partial charge in [-0.3, -0.25) is 0 Å². The molecule has 0 bridgehead atoms. The average Bonchev–Trinajstić information content (AvgIpc) is 2.91. The van der Waals surface area contributed by atoms with Crippen molar-refractivity contribution in [2.75, 3.05) is 0 Å². The first kappa shape index (κ1) is 24.5. The maximum atomic E-state index is 15.2. The van der Waals surface area contributed by atoms with Gasteiger partial charge >= 0.3 is 211 Å². The molecular weight excluding hydrogens is 498 g/mol. The molecular formula is C31H31OPSe. The Bertz CT molecular complexity index is 1190. The Morgan fingerprint density at radius 2 is 1.24 bits per heavy atom. The molecule has 0 atom stereocenters. The maximum absolute atomic E-state index is 15.2. The molecule has 0 aromatic heterocycles. The summed E-state index contributed by atoms with van der Waals surface area (Å²) in [5, 5.41) is 2.69. The van der Waals surface area contributed by atoms with Crippen molar-refractivity contribution < 1.29 is 4.57 Å². The summed E-state index contributed by atoms with van der Waals surface area (Å²) in [4.78, 5) is 2.25. The number of hydrogen-bond donors (Lipinski definition) is 0. The van der Waals surface area contributed by atoms with Gasteiger partial charge in [0.1, 0.15) is 0 Å². The van der Waals surface area contributed by atoms with Crippen LogP contribution in [0.4, 0.5) is 0 Å². The minimum absolute atomic E-state index is 0.0651. The van der Waals surface area contributed by atoms with Crippen molar-refractivity contribution in [1.29, 1.82) is 0 Å². The minimum atomic E-state index is -3.06. The van der Waals surface area contributed by atoms with Crippen LogP contribution < -0.4 is 15.1 Å². The summed E-state index contributed by atoms with van der Waals surface area (Å²) in [6.07, 6.45) is 4.78. The van der Waals surface area contributed by atoms with E-state index in [0.29, 0.717) is 0 Å². The summed E-state index contributed by atoms with van der Waals surface area (Å²) in [5.74, 6) is 0. The molecule has 34 heavy (non-hydrogen) atoms. The van der Waals surface area contributed by atoms with Crippen LogP contribution in [-0.2, 0) is 11.0 Å². The molecule has 4 aromatic carbocycles. The van der Waals surface area contributed by atoms with Crippen LogP contribution in [0.1, 0.15) is 37.3 Å². The fourth-order valence-electron chi connectivity index (χ4n) is 4.07. The monoisotopic (exact) mass is 530 g/mol. The van der Waals surface area contributed by atoms with E-state index in [-0.39, 0.29) is 15.0 Å². The van der Waals surface area contributed by atoms with Crippen LogP contribution in [0.3, 0.4) is 0 Å². The molecule has 0 unspecified atom stereocenters. The Kier molecular flexibility index (Phi) is 8.78. The molecule has 0 amide bonds. The van der Waals surface area contributed by atoms with E-state index < -0.39 is 7.14 Å². The summed E-state index contributed by atoms with van der Waals surface area (Å²) < 4.78 is 16.5. The molecule has 0 radical (unpaired) electrons. The molecule has 0 aliphatic rings. The Labute approximate surface area is 210 Å². The fourth-order valence-corrected chi connectivity index (χ4v) is 9.44. The van der Waals surface area contributed by atoms with Crippen molar-refractivity contribution >= 4 is 42.5 Å². The number of hydrogen-bond acceptors (Lipinski definition) is 1. The molecule has 4 rings (SSSR count). The van der Waals surface area contributed by atoms with Gasteiger partial charge < -0.3 is 0 Å². The zero-order chi connectivity index (χ0) is 23.6. The Morgan fingerprint density at radius 3 is 1.76 bits per heavy atom.